The molecule has 0 heterocycles. The first kappa shape index (κ1) is 14.6. The Morgan fingerprint density at radius 3 is 2.56 bits per heavy atom. The van der Waals surface area contributed by atoms with E-state index in [4.69, 9.17) is 9.84 Å². The molecule has 1 atom stereocenters. The molecule has 5 heteroatoms. The van der Waals surface area contributed by atoms with Crippen molar-refractivity contribution in [3.8, 4) is 0 Å². The first-order chi connectivity index (χ1) is 8.54. The lowest BCUT2D eigenvalue weighted by Crippen LogP contribution is -2.35. The molecule has 0 spiro atoms. The van der Waals surface area contributed by atoms with E-state index in [-0.39, 0.29) is 18.4 Å². The molecule has 1 N–H and O–H groups in total. The molecule has 100 valence electrons. The highest BCUT2D eigenvalue weighted by atomic mass is 19.1. The van der Waals surface area contributed by atoms with E-state index in [1.807, 2.05) is 6.92 Å². The number of halogens is 1. The second-order valence-electron chi connectivity index (χ2n) is 4.08. The van der Waals surface area contributed by atoms with Gasteiger partial charge in [0.25, 0.3) is 0 Å². The summed E-state index contributed by atoms with van der Waals surface area (Å²) in [4.78, 5) is 12.6. The van der Waals surface area contributed by atoms with E-state index in [0.29, 0.717) is 13.2 Å². The molecule has 0 aliphatic heterocycles. The van der Waals surface area contributed by atoms with Gasteiger partial charge in [-0.25, -0.2) is 4.39 Å². The molecule has 0 bridgehead atoms. The molecule has 1 rings (SSSR count). The number of ether oxygens (including phenoxy) is 1. The predicted molar refractivity (Wildman–Crippen MR) is 65.9 cm³/mol. The van der Waals surface area contributed by atoms with Gasteiger partial charge in [0.15, 0.2) is 0 Å². The molecule has 0 radical (unpaired) electrons. The lowest BCUT2D eigenvalue weighted by atomic mass is 10.1. The molecular weight excluding hydrogens is 237 g/mol. The van der Waals surface area contributed by atoms with E-state index in [1.165, 1.54) is 12.1 Å². The van der Waals surface area contributed by atoms with Crippen LogP contribution in [0.25, 0.3) is 0 Å². The molecule has 1 unspecified atom stereocenters. The predicted octanol–water partition coefficient (Wildman–Crippen LogP) is 1.92. The minimum atomic E-state index is -0.889. The minimum absolute atomic E-state index is 0.0676. The van der Waals surface area contributed by atoms with Crippen LogP contribution in [0.5, 0.6) is 0 Å². The molecule has 1 aromatic rings. The van der Waals surface area contributed by atoms with E-state index >= 15 is 0 Å². The largest absolute Gasteiger partial charge is 0.480 e. The summed E-state index contributed by atoms with van der Waals surface area (Å²) < 4.78 is 17.8. The van der Waals surface area contributed by atoms with Crippen LogP contribution in [-0.2, 0) is 9.53 Å². The smallest absolute Gasteiger partial charge is 0.317 e. The highest BCUT2D eigenvalue weighted by Crippen LogP contribution is 2.19. The van der Waals surface area contributed by atoms with Crippen molar-refractivity contribution in [2.24, 2.45) is 0 Å². The summed E-state index contributed by atoms with van der Waals surface area (Å²) in [5, 5.41) is 8.88. The van der Waals surface area contributed by atoms with Crippen molar-refractivity contribution >= 4 is 5.97 Å². The molecule has 0 fully saturated rings. The third kappa shape index (κ3) is 4.43. The number of hydrogen-bond donors (Lipinski definition) is 1. The van der Waals surface area contributed by atoms with Gasteiger partial charge in [0.2, 0.25) is 0 Å². The zero-order chi connectivity index (χ0) is 13.5. The SMILES string of the molecule is COCCN(CC(=O)O)C(C)c1ccc(F)cc1. The number of carbonyl (C=O) groups is 1. The summed E-state index contributed by atoms with van der Waals surface area (Å²) >= 11 is 0. The van der Waals surface area contributed by atoms with Crippen molar-refractivity contribution in [3.05, 3.63) is 35.6 Å². The van der Waals surface area contributed by atoms with Crippen LogP contribution in [0.4, 0.5) is 4.39 Å². The van der Waals surface area contributed by atoms with Gasteiger partial charge >= 0.3 is 5.97 Å². The Hall–Kier alpha value is -1.46. The Morgan fingerprint density at radius 1 is 1.44 bits per heavy atom. The Kier molecular flexibility index (Phi) is 5.74. The molecule has 0 saturated carbocycles. The number of carboxylic acid groups (broad SMARTS) is 1. The average molecular weight is 255 g/mol. The Labute approximate surface area is 106 Å². The lowest BCUT2D eigenvalue weighted by molar-refractivity contribution is -0.139. The maximum absolute atomic E-state index is 12.8. The van der Waals surface area contributed by atoms with Crippen LogP contribution >= 0.6 is 0 Å². The number of rotatable bonds is 7. The molecule has 0 aliphatic rings. The van der Waals surface area contributed by atoms with Crippen molar-refractivity contribution in [2.45, 2.75) is 13.0 Å². The average Bonchev–Trinajstić information content (AvgIpc) is 2.34. The number of benzene rings is 1. The van der Waals surface area contributed by atoms with Gasteiger partial charge in [0.05, 0.1) is 13.2 Å². The first-order valence-corrected chi connectivity index (χ1v) is 5.75. The summed E-state index contributed by atoms with van der Waals surface area (Å²) in [6.45, 7) is 2.80. The van der Waals surface area contributed by atoms with E-state index < -0.39 is 5.97 Å². The zero-order valence-electron chi connectivity index (χ0n) is 10.6. The fraction of sp³-hybridized carbons (Fsp3) is 0.462. The molecule has 0 amide bonds. The minimum Gasteiger partial charge on any atom is -0.480 e. The van der Waals surface area contributed by atoms with Gasteiger partial charge in [0, 0.05) is 19.7 Å². The summed E-state index contributed by atoms with van der Waals surface area (Å²) in [5.74, 6) is -1.19. The van der Waals surface area contributed by atoms with Gasteiger partial charge in [-0.1, -0.05) is 12.1 Å². The maximum atomic E-state index is 12.8. The van der Waals surface area contributed by atoms with Crippen molar-refractivity contribution in [1.82, 2.24) is 4.90 Å². The maximum Gasteiger partial charge on any atom is 0.317 e. The topological polar surface area (TPSA) is 49.8 Å². The molecule has 1 aromatic carbocycles. The molecule has 18 heavy (non-hydrogen) atoms. The van der Waals surface area contributed by atoms with Crippen LogP contribution in [0.15, 0.2) is 24.3 Å². The quantitative estimate of drug-likeness (QED) is 0.808. The van der Waals surface area contributed by atoms with E-state index in [9.17, 15) is 9.18 Å². The van der Waals surface area contributed by atoms with Gasteiger partial charge in [-0.05, 0) is 24.6 Å². The number of aliphatic carboxylic acids is 1. The van der Waals surface area contributed by atoms with E-state index in [2.05, 4.69) is 0 Å². The molecule has 0 aromatic heterocycles. The van der Waals surface area contributed by atoms with Crippen LogP contribution in [0.2, 0.25) is 0 Å². The molecule has 0 aliphatic carbocycles. The van der Waals surface area contributed by atoms with Crippen LogP contribution < -0.4 is 0 Å². The Morgan fingerprint density at radius 2 is 2.06 bits per heavy atom. The van der Waals surface area contributed by atoms with Gasteiger partial charge in [-0.2, -0.15) is 0 Å². The number of carboxylic acids is 1. The first-order valence-electron chi connectivity index (χ1n) is 5.75. The normalized spacial score (nSPS) is 12.7. The summed E-state index contributed by atoms with van der Waals surface area (Å²) in [7, 11) is 1.57. The monoisotopic (exact) mass is 255 g/mol. The van der Waals surface area contributed by atoms with Crippen LogP contribution in [0.1, 0.15) is 18.5 Å². The van der Waals surface area contributed by atoms with E-state index in [0.717, 1.165) is 5.56 Å². The number of methoxy groups -OCH3 is 1. The fourth-order valence-corrected chi connectivity index (χ4v) is 1.74. The van der Waals surface area contributed by atoms with Gasteiger partial charge in [-0.3, -0.25) is 9.69 Å². The highest BCUT2D eigenvalue weighted by molar-refractivity contribution is 5.69. The summed E-state index contributed by atoms with van der Waals surface area (Å²) in [5.41, 5.74) is 0.883. The summed E-state index contributed by atoms with van der Waals surface area (Å²) in [6, 6.07) is 5.99. The van der Waals surface area contributed by atoms with Crippen LogP contribution in [-0.4, -0.2) is 42.8 Å². The number of nitrogens with zero attached hydrogens (tertiary/aromatic N) is 1. The molecule has 0 saturated heterocycles. The second kappa shape index (κ2) is 7.08. The Balaban J connectivity index is 2.76. The van der Waals surface area contributed by atoms with Crippen LogP contribution in [0.3, 0.4) is 0 Å². The highest BCUT2D eigenvalue weighted by Gasteiger charge is 2.18. The van der Waals surface area contributed by atoms with Gasteiger partial charge < -0.3 is 9.84 Å². The van der Waals surface area contributed by atoms with Crippen molar-refractivity contribution < 1.29 is 19.0 Å². The summed E-state index contributed by atoms with van der Waals surface area (Å²) in [6.07, 6.45) is 0. The Bertz CT molecular complexity index is 380. The molecule has 4 nitrogen and oxygen atoms in total. The lowest BCUT2D eigenvalue weighted by Gasteiger charge is -2.27. The third-order valence-electron chi connectivity index (χ3n) is 2.82. The molecular formula is C13H18FNO3. The van der Waals surface area contributed by atoms with Gasteiger partial charge in [-0.15, -0.1) is 0 Å². The van der Waals surface area contributed by atoms with Gasteiger partial charge in [0.1, 0.15) is 5.82 Å². The van der Waals surface area contributed by atoms with Crippen molar-refractivity contribution in [1.29, 1.82) is 0 Å². The van der Waals surface area contributed by atoms with Crippen molar-refractivity contribution in [3.63, 3.8) is 0 Å². The standard InChI is InChI=1S/C13H18FNO3/c1-10(11-3-5-12(14)6-4-11)15(7-8-18-2)9-13(16)17/h3-6,10H,7-9H2,1-2H3,(H,16,17). The second-order valence-corrected chi connectivity index (χ2v) is 4.08. The zero-order valence-corrected chi connectivity index (χ0v) is 10.6. The fourth-order valence-electron chi connectivity index (χ4n) is 1.74. The third-order valence-corrected chi connectivity index (χ3v) is 2.82. The van der Waals surface area contributed by atoms with Crippen LogP contribution in [0, 0.1) is 5.82 Å². The van der Waals surface area contributed by atoms with E-state index in [1.54, 1.807) is 24.1 Å². The van der Waals surface area contributed by atoms with Crippen molar-refractivity contribution in [2.75, 3.05) is 26.8 Å². The number of hydrogen-bond acceptors (Lipinski definition) is 3.